The second-order valence-electron chi connectivity index (χ2n) is 6.78. The van der Waals surface area contributed by atoms with Gasteiger partial charge in [0.25, 0.3) is 5.91 Å². The zero-order valence-corrected chi connectivity index (χ0v) is 15.2. The fraction of sp³-hybridized carbons (Fsp3) is 0.238. The summed E-state index contributed by atoms with van der Waals surface area (Å²) in [5.41, 5.74) is 2.49. The first-order chi connectivity index (χ1) is 13.0. The minimum absolute atomic E-state index is 0.137. The van der Waals surface area contributed by atoms with Crippen LogP contribution in [0, 0.1) is 12.7 Å². The number of halogens is 1. The van der Waals surface area contributed by atoms with E-state index in [0.717, 1.165) is 11.3 Å². The minimum atomic E-state index is -0.467. The molecule has 2 aromatic carbocycles. The van der Waals surface area contributed by atoms with Crippen LogP contribution < -0.4 is 0 Å². The lowest BCUT2D eigenvalue weighted by Gasteiger charge is -2.49. The molecule has 3 aromatic rings. The molecule has 1 aliphatic heterocycles. The molecule has 27 heavy (non-hydrogen) atoms. The van der Waals surface area contributed by atoms with Crippen LogP contribution in [0.2, 0.25) is 0 Å². The van der Waals surface area contributed by atoms with Crippen molar-refractivity contribution in [2.75, 3.05) is 20.2 Å². The summed E-state index contributed by atoms with van der Waals surface area (Å²) in [6.45, 7) is 2.83. The van der Waals surface area contributed by atoms with Crippen molar-refractivity contribution in [1.82, 2.24) is 14.7 Å². The highest BCUT2D eigenvalue weighted by molar-refractivity contribution is 5.93. The standard InChI is InChI=1S/C21H20FN3O2/c1-15-12-19(23-25(15)18-10-8-17(22)9-11-18)20(26)24-13-21(14-24,27-2)16-6-4-3-5-7-16/h3-12H,13-14H2,1-2H3. The van der Waals surface area contributed by atoms with Crippen molar-refractivity contribution in [2.24, 2.45) is 0 Å². The van der Waals surface area contributed by atoms with Crippen molar-refractivity contribution >= 4 is 5.91 Å². The van der Waals surface area contributed by atoms with Crippen LogP contribution in [-0.4, -0.2) is 40.8 Å². The Morgan fingerprint density at radius 3 is 2.41 bits per heavy atom. The van der Waals surface area contributed by atoms with Gasteiger partial charge in [-0.1, -0.05) is 30.3 Å². The maximum Gasteiger partial charge on any atom is 0.274 e. The maximum absolute atomic E-state index is 13.1. The van der Waals surface area contributed by atoms with Gasteiger partial charge in [0.2, 0.25) is 0 Å². The Balaban J connectivity index is 1.53. The van der Waals surface area contributed by atoms with E-state index in [2.05, 4.69) is 5.10 Å². The highest BCUT2D eigenvalue weighted by Crippen LogP contribution is 2.36. The normalized spacial score (nSPS) is 15.4. The molecule has 0 atom stereocenters. The predicted molar refractivity (Wildman–Crippen MR) is 99.3 cm³/mol. The van der Waals surface area contributed by atoms with E-state index in [-0.39, 0.29) is 11.7 Å². The minimum Gasteiger partial charge on any atom is -0.370 e. The van der Waals surface area contributed by atoms with Gasteiger partial charge in [-0.25, -0.2) is 9.07 Å². The number of carbonyl (C=O) groups excluding carboxylic acids is 1. The molecule has 5 nitrogen and oxygen atoms in total. The van der Waals surface area contributed by atoms with Crippen molar-refractivity contribution in [1.29, 1.82) is 0 Å². The zero-order valence-electron chi connectivity index (χ0n) is 15.2. The first kappa shape index (κ1) is 17.4. The van der Waals surface area contributed by atoms with Crippen LogP contribution in [0.3, 0.4) is 0 Å². The fourth-order valence-corrected chi connectivity index (χ4v) is 3.47. The molecule has 4 rings (SSSR count). The van der Waals surface area contributed by atoms with Crippen molar-refractivity contribution in [3.8, 4) is 5.69 Å². The molecular formula is C21H20FN3O2. The van der Waals surface area contributed by atoms with Crippen LogP contribution >= 0.6 is 0 Å². The summed E-state index contributed by atoms with van der Waals surface area (Å²) in [7, 11) is 1.67. The molecule has 1 fully saturated rings. The molecule has 0 N–H and O–H groups in total. The molecule has 1 aliphatic rings. The summed E-state index contributed by atoms with van der Waals surface area (Å²) in [4.78, 5) is 14.6. The summed E-state index contributed by atoms with van der Waals surface area (Å²) >= 11 is 0. The number of benzene rings is 2. The van der Waals surface area contributed by atoms with Gasteiger partial charge in [0.15, 0.2) is 5.69 Å². The molecule has 1 saturated heterocycles. The Bertz CT molecular complexity index is 961. The van der Waals surface area contributed by atoms with Crippen molar-refractivity contribution in [2.45, 2.75) is 12.5 Å². The van der Waals surface area contributed by atoms with E-state index in [1.165, 1.54) is 12.1 Å². The monoisotopic (exact) mass is 365 g/mol. The molecule has 2 heterocycles. The van der Waals surface area contributed by atoms with Crippen molar-refractivity contribution < 1.29 is 13.9 Å². The number of carbonyl (C=O) groups is 1. The average molecular weight is 365 g/mol. The number of hydrogen-bond donors (Lipinski definition) is 0. The molecule has 0 spiro atoms. The predicted octanol–water partition coefficient (Wildman–Crippen LogP) is 3.32. The van der Waals surface area contributed by atoms with E-state index in [4.69, 9.17) is 4.74 Å². The second kappa shape index (κ2) is 6.63. The topological polar surface area (TPSA) is 47.4 Å². The maximum atomic E-state index is 13.1. The van der Waals surface area contributed by atoms with Gasteiger partial charge in [-0.05, 0) is 42.8 Å². The zero-order chi connectivity index (χ0) is 19.0. The van der Waals surface area contributed by atoms with Gasteiger partial charge < -0.3 is 9.64 Å². The number of amides is 1. The Morgan fingerprint density at radius 2 is 1.78 bits per heavy atom. The van der Waals surface area contributed by atoms with Crippen LogP contribution in [0.4, 0.5) is 4.39 Å². The van der Waals surface area contributed by atoms with Gasteiger partial charge in [0, 0.05) is 12.8 Å². The summed E-state index contributed by atoms with van der Waals surface area (Å²) < 4.78 is 20.5. The van der Waals surface area contributed by atoms with Gasteiger partial charge in [-0.2, -0.15) is 5.10 Å². The van der Waals surface area contributed by atoms with Gasteiger partial charge in [0.05, 0.1) is 18.8 Å². The summed E-state index contributed by atoms with van der Waals surface area (Å²) in [6, 6.07) is 17.7. The molecule has 1 aromatic heterocycles. The Morgan fingerprint density at radius 1 is 1.11 bits per heavy atom. The van der Waals surface area contributed by atoms with E-state index in [9.17, 15) is 9.18 Å². The molecule has 138 valence electrons. The number of aryl methyl sites for hydroxylation is 1. The molecule has 0 saturated carbocycles. The fourth-order valence-electron chi connectivity index (χ4n) is 3.47. The third-order valence-corrected chi connectivity index (χ3v) is 5.05. The smallest absolute Gasteiger partial charge is 0.274 e. The highest BCUT2D eigenvalue weighted by Gasteiger charge is 2.47. The molecule has 0 bridgehead atoms. The number of nitrogens with zero attached hydrogens (tertiary/aromatic N) is 3. The van der Waals surface area contributed by atoms with E-state index >= 15 is 0 Å². The molecule has 0 aliphatic carbocycles. The summed E-state index contributed by atoms with van der Waals surface area (Å²) in [5.74, 6) is -0.445. The quantitative estimate of drug-likeness (QED) is 0.713. The van der Waals surface area contributed by atoms with Crippen LogP contribution in [0.15, 0.2) is 60.7 Å². The largest absolute Gasteiger partial charge is 0.370 e. The third kappa shape index (κ3) is 3.02. The Hall–Kier alpha value is -2.99. The van der Waals surface area contributed by atoms with Crippen LogP contribution in [-0.2, 0) is 10.3 Å². The summed E-state index contributed by atoms with van der Waals surface area (Å²) in [6.07, 6.45) is 0. The number of hydrogen-bond acceptors (Lipinski definition) is 3. The lowest BCUT2D eigenvalue weighted by Crippen LogP contribution is -2.62. The summed E-state index contributed by atoms with van der Waals surface area (Å²) in [5, 5.41) is 4.42. The number of likely N-dealkylation sites (tertiary alicyclic amines) is 1. The number of methoxy groups -OCH3 is 1. The number of rotatable bonds is 4. The van der Waals surface area contributed by atoms with Crippen LogP contribution in [0.25, 0.3) is 5.69 Å². The molecule has 0 unspecified atom stereocenters. The van der Waals surface area contributed by atoms with Crippen molar-refractivity contribution in [3.63, 3.8) is 0 Å². The van der Waals surface area contributed by atoms with Gasteiger partial charge in [-0.15, -0.1) is 0 Å². The molecule has 1 amide bonds. The Kier molecular flexibility index (Phi) is 4.28. The first-order valence-corrected chi connectivity index (χ1v) is 8.75. The van der Waals surface area contributed by atoms with Gasteiger partial charge in [0.1, 0.15) is 11.4 Å². The van der Waals surface area contributed by atoms with Crippen LogP contribution in [0.5, 0.6) is 0 Å². The van der Waals surface area contributed by atoms with E-state index < -0.39 is 5.60 Å². The van der Waals surface area contributed by atoms with E-state index in [1.54, 1.807) is 34.9 Å². The molecular weight excluding hydrogens is 345 g/mol. The SMILES string of the molecule is COC1(c2ccccc2)CN(C(=O)c2cc(C)n(-c3ccc(F)cc3)n2)C1. The van der Waals surface area contributed by atoms with E-state index in [1.807, 2.05) is 37.3 Å². The lowest BCUT2D eigenvalue weighted by atomic mass is 9.85. The van der Waals surface area contributed by atoms with Crippen molar-refractivity contribution in [3.05, 3.63) is 83.4 Å². The third-order valence-electron chi connectivity index (χ3n) is 5.05. The van der Waals surface area contributed by atoms with E-state index in [0.29, 0.717) is 24.5 Å². The highest BCUT2D eigenvalue weighted by atomic mass is 19.1. The average Bonchev–Trinajstić information content (AvgIpc) is 3.04. The van der Waals surface area contributed by atoms with Gasteiger partial charge >= 0.3 is 0 Å². The number of ether oxygens (including phenoxy) is 1. The first-order valence-electron chi connectivity index (χ1n) is 8.75. The molecule has 0 radical (unpaired) electrons. The number of aromatic nitrogens is 2. The van der Waals surface area contributed by atoms with Gasteiger partial charge in [-0.3, -0.25) is 4.79 Å². The van der Waals surface area contributed by atoms with Crippen LogP contribution in [0.1, 0.15) is 21.7 Å². The Labute approximate surface area is 157 Å². The second-order valence-corrected chi connectivity index (χ2v) is 6.78. The lowest BCUT2D eigenvalue weighted by molar-refractivity contribution is -0.114. The molecule has 6 heteroatoms.